The van der Waals surface area contributed by atoms with Crippen LogP contribution in [-0.4, -0.2) is 13.2 Å². The first-order valence-electron chi connectivity index (χ1n) is 11.1. The second kappa shape index (κ2) is 13.8. The van der Waals surface area contributed by atoms with Crippen LogP contribution in [0, 0.1) is 25.7 Å². The number of thiol groups is 2. The molecular formula is C26H36O2S4. The maximum Gasteiger partial charge on any atom is 0.133 e. The smallest absolute Gasteiger partial charge is 0.133 e. The molecule has 2 nitrogen and oxygen atoms in total. The van der Waals surface area contributed by atoms with Gasteiger partial charge in [-0.15, -0.1) is 25.3 Å². The lowest BCUT2D eigenvalue weighted by Crippen LogP contribution is -2.02. The van der Waals surface area contributed by atoms with Gasteiger partial charge in [-0.3, -0.25) is 0 Å². The summed E-state index contributed by atoms with van der Waals surface area (Å²) in [7, 11) is 0. The highest BCUT2D eigenvalue weighted by Crippen LogP contribution is 2.45. The minimum atomic E-state index is 0.614. The van der Waals surface area contributed by atoms with Gasteiger partial charge in [0.25, 0.3) is 0 Å². The van der Waals surface area contributed by atoms with Crippen LogP contribution in [0.1, 0.15) is 51.7 Å². The van der Waals surface area contributed by atoms with Gasteiger partial charge in [-0.2, -0.15) is 0 Å². The summed E-state index contributed by atoms with van der Waals surface area (Å²) >= 11 is 12.7. The maximum atomic E-state index is 6.07. The minimum Gasteiger partial charge on any atom is -0.492 e. The lowest BCUT2D eigenvalue weighted by Gasteiger charge is -2.15. The third-order valence-electron chi connectivity index (χ3n) is 4.70. The summed E-state index contributed by atoms with van der Waals surface area (Å²) in [6.45, 7) is 14.4. The zero-order chi connectivity index (χ0) is 23.7. The van der Waals surface area contributed by atoms with Crippen molar-refractivity contribution in [1.29, 1.82) is 0 Å². The van der Waals surface area contributed by atoms with Crippen LogP contribution in [-0.2, 0) is 0 Å². The average Bonchev–Trinajstić information content (AvgIpc) is 2.70. The fourth-order valence-electron chi connectivity index (χ4n) is 2.73. The van der Waals surface area contributed by atoms with E-state index in [1.807, 2.05) is 12.1 Å². The molecule has 0 saturated heterocycles. The van der Waals surface area contributed by atoms with Crippen LogP contribution in [0.4, 0.5) is 0 Å². The summed E-state index contributed by atoms with van der Waals surface area (Å²) in [5.41, 5.74) is 2.38. The highest BCUT2D eigenvalue weighted by molar-refractivity contribution is 8.21. The van der Waals surface area contributed by atoms with Crippen LogP contribution < -0.4 is 9.47 Å². The predicted molar refractivity (Wildman–Crippen MR) is 149 cm³/mol. The number of aryl methyl sites for hydroxylation is 2. The van der Waals surface area contributed by atoms with Gasteiger partial charge in [-0.1, -0.05) is 63.4 Å². The van der Waals surface area contributed by atoms with E-state index in [0.29, 0.717) is 25.0 Å². The Labute approximate surface area is 214 Å². The van der Waals surface area contributed by atoms with Crippen LogP contribution in [0.2, 0.25) is 0 Å². The lowest BCUT2D eigenvalue weighted by molar-refractivity contribution is 0.283. The maximum absolute atomic E-state index is 6.07. The minimum absolute atomic E-state index is 0.614. The Morgan fingerprint density at radius 3 is 1.44 bits per heavy atom. The molecule has 0 spiro atoms. The van der Waals surface area contributed by atoms with Crippen molar-refractivity contribution in [2.45, 2.75) is 64.2 Å². The van der Waals surface area contributed by atoms with Crippen LogP contribution in [0.25, 0.3) is 0 Å². The predicted octanol–water partition coefficient (Wildman–Crippen LogP) is 9.02. The van der Waals surface area contributed by atoms with Crippen LogP contribution >= 0.6 is 48.8 Å². The zero-order valence-corrected chi connectivity index (χ0v) is 23.4. The number of thioether (sulfide) groups is 2. The molecule has 0 aromatic heterocycles. The molecule has 176 valence electrons. The number of benzene rings is 2. The van der Waals surface area contributed by atoms with Crippen molar-refractivity contribution in [3.63, 3.8) is 0 Å². The molecule has 2 rings (SSSR count). The van der Waals surface area contributed by atoms with E-state index in [9.17, 15) is 0 Å². The third-order valence-corrected chi connectivity index (χ3v) is 8.18. The fourth-order valence-corrected chi connectivity index (χ4v) is 5.38. The van der Waals surface area contributed by atoms with Crippen molar-refractivity contribution in [2.75, 3.05) is 13.2 Å². The second-order valence-electron chi connectivity index (χ2n) is 8.78. The standard InChI is InChI=1S/C26H36O2S4/c1-17(2)11-13-27-21-9-7-19(5)15-23(21)31-25(29)26(30)32-24-16-20(6)8-10-22(24)28-14-12-18(3)4/h7-10,15-18,29-30H,11-14H2,1-6H3/b26-25-. The first-order valence-corrected chi connectivity index (χ1v) is 13.6. The number of hydrogen-bond donors (Lipinski definition) is 2. The third kappa shape index (κ3) is 9.58. The second-order valence-corrected chi connectivity index (χ2v) is 12.4. The Balaban J connectivity index is 2.16. The van der Waals surface area contributed by atoms with Crippen molar-refractivity contribution in [3.8, 4) is 11.5 Å². The van der Waals surface area contributed by atoms with Crippen molar-refractivity contribution in [3.05, 3.63) is 56.0 Å². The van der Waals surface area contributed by atoms with E-state index >= 15 is 0 Å². The molecule has 6 heteroatoms. The molecule has 2 aromatic carbocycles. The zero-order valence-electron chi connectivity index (χ0n) is 20.0. The lowest BCUT2D eigenvalue weighted by atomic mass is 10.1. The number of hydrogen-bond acceptors (Lipinski definition) is 6. The molecule has 0 radical (unpaired) electrons. The Morgan fingerprint density at radius 2 is 1.09 bits per heavy atom. The summed E-state index contributed by atoms with van der Waals surface area (Å²) in [4.78, 5) is 2.12. The molecule has 0 N–H and O–H groups in total. The summed E-state index contributed by atoms with van der Waals surface area (Å²) in [6.07, 6.45) is 2.06. The van der Waals surface area contributed by atoms with Crippen molar-refractivity contribution in [2.24, 2.45) is 11.8 Å². The van der Waals surface area contributed by atoms with Crippen molar-refractivity contribution >= 4 is 48.8 Å². The Kier molecular flexibility index (Phi) is 11.8. The molecule has 0 aliphatic rings. The summed E-state index contributed by atoms with van der Waals surface area (Å²) < 4.78 is 13.8. The van der Waals surface area contributed by atoms with Crippen molar-refractivity contribution < 1.29 is 9.47 Å². The van der Waals surface area contributed by atoms with Gasteiger partial charge in [-0.25, -0.2) is 0 Å². The summed E-state index contributed by atoms with van der Waals surface area (Å²) in [5.74, 6) is 3.02. The van der Waals surface area contributed by atoms with E-state index in [4.69, 9.17) is 34.7 Å². The molecule has 0 bridgehead atoms. The van der Waals surface area contributed by atoms with Gasteiger partial charge in [0.15, 0.2) is 0 Å². The molecular weight excluding hydrogens is 473 g/mol. The molecule has 0 saturated carbocycles. The SMILES string of the molecule is Cc1ccc(OCCC(C)C)c(S/C(S)=C(/S)Sc2cc(C)ccc2OCCC(C)C)c1. The van der Waals surface area contributed by atoms with E-state index < -0.39 is 0 Å². The molecule has 0 unspecified atom stereocenters. The Morgan fingerprint density at radius 1 is 0.719 bits per heavy atom. The quantitative estimate of drug-likeness (QED) is 0.220. The van der Waals surface area contributed by atoms with E-state index in [-0.39, 0.29) is 0 Å². The van der Waals surface area contributed by atoms with E-state index in [2.05, 4.69) is 65.8 Å². The van der Waals surface area contributed by atoms with Crippen LogP contribution in [0.5, 0.6) is 11.5 Å². The fraction of sp³-hybridized carbons (Fsp3) is 0.462. The molecule has 32 heavy (non-hydrogen) atoms. The molecule has 0 aliphatic carbocycles. The topological polar surface area (TPSA) is 18.5 Å². The number of ether oxygens (including phenoxy) is 2. The monoisotopic (exact) mass is 508 g/mol. The molecule has 0 fully saturated rings. The molecule has 0 amide bonds. The summed E-state index contributed by atoms with van der Waals surface area (Å²) in [6, 6.07) is 12.5. The van der Waals surface area contributed by atoms with Gasteiger partial charge in [0.2, 0.25) is 0 Å². The molecule has 0 atom stereocenters. The van der Waals surface area contributed by atoms with Crippen molar-refractivity contribution in [1.82, 2.24) is 0 Å². The summed E-state index contributed by atoms with van der Waals surface area (Å²) in [5, 5.41) is 0. The van der Waals surface area contributed by atoms with Gasteiger partial charge >= 0.3 is 0 Å². The molecule has 0 aliphatic heterocycles. The first kappa shape index (κ1) is 27.4. The van der Waals surface area contributed by atoms with E-state index in [0.717, 1.165) is 42.6 Å². The van der Waals surface area contributed by atoms with E-state index in [1.54, 1.807) is 23.5 Å². The first-order chi connectivity index (χ1) is 15.2. The van der Waals surface area contributed by atoms with Gasteiger partial charge in [0.05, 0.1) is 31.5 Å². The largest absolute Gasteiger partial charge is 0.492 e. The average molecular weight is 509 g/mol. The van der Waals surface area contributed by atoms with Gasteiger partial charge in [-0.05, 0) is 73.9 Å². The van der Waals surface area contributed by atoms with Gasteiger partial charge < -0.3 is 9.47 Å². The highest BCUT2D eigenvalue weighted by Gasteiger charge is 2.13. The number of rotatable bonds is 12. The van der Waals surface area contributed by atoms with Crippen LogP contribution in [0.15, 0.2) is 54.7 Å². The van der Waals surface area contributed by atoms with Crippen LogP contribution in [0.3, 0.4) is 0 Å². The normalized spacial score (nSPS) is 12.3. The van der Waals surface area contributed by atoms with Gasteiger partial charge in [0, 0.05) is 0 Å². The Hall–Kier alpha value is -0.820. The van der Waals surface area contributed by atoms with Gasteiger partial charge in [0.1, 0.15) is 11.5 Å². The highest BCUT2D eigenvalue weighted by atomic mass is 32.2. The molecule has 2 aromatic rings. The molecule has 0 heterocycles. The Bertz CT molecular complexity index is 833. The van der Waals surface area contributed by atoms with E-state index in [1.165, 1.54) is 11.1 Å².